The van der Waals surface area contributed by atoms with E-state index < -0.39 is 9.85 Å². The summed E-state index contributed by atoms with van der Waals surface area (Å²) in [6, 6.07) is 17.3. The zero-order valence-corrected chi connectivity index (χ0v) is 29.2. The van der Waals surface area contributed by atoms with Crippen molar-refractivity contribution in [3.8, 4) is 29.0 Å². The molecule has 0 radical (unpaired) electrons. The third kappa shape index (κ3) is 10.0. The summed E-state index contributed by atoms with van der Waals surface area (Å²) >= 11 is 17.6. The molecule has 0 unspecified atom stereocenters. The molecule has 0 amide bonds. The van der Waals surface area contributed by atoms with Gasteiger partial charge in [0.15, 0.2) is 0 Å². The number of anilines is 3. The highest BCUT2D eigenvalue weighted by Gasteiger charge is 2.17. The van der Waals surface area contributed by atoms with Crippen LogP contribution in [0.15, 0.2) is 79.1 Å². The first-order valence-electron chi connectivity index (χ1n) is 14.9. The highest BCUT2D eigenvalue weighted by atomic mass is 35.5. The standard InChI is InChI=1S/C22H23ClN6O4.C10H5Cl2N3O3/c1-27-8-10-28(11-9-27)15-6-7-19(20(13-15)32-2)25-22-24-14-18(23)21(26-22)33-17-5-3-4-16(12-17)29(30)31;11-8-5-13-10(12)14-9(8)18-7-3-1-2-6(4-7)15(16)17/h3-7,12-14H,8-11H2,1-2H3,(H,24,25,26);1-5H. The van der Waals surface area contributed by atoms with E-state index in [2.05, 4.69) is 42.1 Å². The van der Waals surface area contributed by atoms with Crippen LogP contribution in [0.2, 0.25) is 15.3 Å². The van der Waals surface area contributed by atoms with E-state index in [0.717, 1.165) is 31.9 Å². The van der Waals surface area contributed by atoms with Gasteiger partial charge in [-0.25, -0.2) is 9.97 Å². The molecular formula is C32H28Cl3N9O7. The molecule has 1 N–H and O–H groups in total. The highest BCUT2D eigenvalue weighted by Crippen LogP contribution is 2.34. The van der Waals surface area contributed by atoms with E-state index in [1.807, 2.05) is 18.2 Å². The van der Waals surface area contributed by atoms with E-state index in [9.17, 15) is 20.2 Å². The van der Waals surface area contributed by atoms with Gasteiger partial charge in [0, 0.05) is 50.1 Å². The number of halogens is 3. The van der Waals surface area contributed by atoms with Gasteiger partial charge in [-0.05, 0) is 42.9 Å². The number of hydrogen-bond donors (Lipinski definition) is 1. The molecule has 0 spiro atoms. The number of non-ortho nitro benzene ring substituents is 2. The number of methoxy groups -OCH3 is 1. The van der Waals surface area contributed by atoms with Gasteiger partial charge in [-0.2, -0.15) is 9.97 Å². The number of likely N-dealkylation sites (N-methyl/N-ethyl adjacent to an activating group) is 1. The molecule has 6 rings (SSSR count). The van der Waals surface area contributed by atoms with Crippen LogP contribution in [-0.2, 0) is 0 Å². The van der Waals surface area contributed by atoms with Crippen LogP contribution in [0.5, 0.6) is 29.0 Å². The van der Waals surface area contributed by atoms with Crippen molar-refractivity contribution >= 4 is 63.5 Å². The Morgan fingerprint density at radius 3 is 1.90 bits per heavy atom. The molecule has 2 aromatic heterocycles. The second kappa shape index (κ2) is 16.9. The minimum absolute atomic E-state index is 0.0279. The Balaban J connectivity index is 0.000000236. The van der Waals surface area contributed by atoms with E-state index in [4.69, 9.17) is 49.0 Å². The minimum Gasteiger partial charge on any atom is -0.494 e. The van der Waals surface area contributed by atoms with Crippen LogP contribution in [0.25, 0.3) is 0 Å². The Kier molecular flexibility index (Phi) is 12.2. The van der Waals surface area contributed by atoms with Gasteiger partial charge in [0.25, 0.3) is 11.4 Å². The number of nitro benzene ring substituents is 2. The normalized spacial score (nSPS) is 12.7. The lowest BCUT2D eigenvalue weighted by molar-refractivity contribution is -0.385. The molecule has 19 heteroatoms. The maximum absolute atomic E-state index is 11.0. The van der Waals surface area contributed by atoms with Crippen LogP contribution in [0.4, 0.5) is 28.7 Å². The maximum Gasteiger partial charge on any atom is 0.273 e. The van der Waals surface area contributed by atoms with Crippen LogP contribution in [0.1, 0.15) is 0 Å². The molecule has 1 aliphatic heterocycles. The van der Waals surface area contributed by atoms with Crippen molar-refractivity contribution in [1.82, 2.24) is 24.8 Å². The molecule has 0 bridgehead atoms. The van der Waals surface area contributed by atoms with Crippen LogP contribution >= 0.6 is 34.8 Å². The summed E-state index contributed by atoms with van der Waals surface area (Å²) in [5, 5.41) is 25.0. The quantitative estimate of drug-likeness (QED) is 0.0826. The number of ether oxygens (including phenoxy) is 3. The molecule has 16 nitrogen and oxygen atoms in total. The Bertz CT molecular complexity index is 2040. The maximum atomic E-state index is 11.0. The SMILES string of the molecule is COc1cc(N2CCN(C)CC2)ccc1Nc1ncc(Cl)c(Oc2cccc([N+](=O)[O-])c2)n1.O=[N+]([O-])c1cccc(Oc2nc(Cl)ncc2Cl)c1. The first-order valence-corrected chi connectivity index (χ1v) is 16.1. The Hall–Kier alpha value is -5.55. The monoisotopic (exact) mass is 755 g/mol. The molecule has 0 atom stereocenters. The molecule has 0 aliphatic carbocycles. The molecule has 5 aromatic rings. The lowest BCUT2D eigenvalue weighted by Crippen LogP contribution is -2.44. The van der Waals surface area contributed by atoms with Gasteiger partial charge >= 0.3 is 0 Å². The molecular weight excluding hydrogens is 729 g/mol. The van der Waals surface area contributed by atoms with Gasteiger partial charge in [-0.1, -0.05) is 35.3 Å². The van der Waals surface area contributed by atoms with Crippen LogP contribution in [0, 0.1) is 20.2 Å². The summed E-state index contributed by atoms with van der Waals surface area (Å²) in [7, 11) is 3.72. The summed E-state index contributed by atoms with van der Waals surface area (Å²) in [4.78, 5) is 41.1. The fourth-order valence-electron chi connectivity index (χ4n) is 4.60. The van der Waals surface area contributed by atoms with Crippen molar-refractivity contribution in [3.63, 3.8) is 0 Å². The number of rotatable bonds is 10. The number of piperazine rings is 1. The number of hydrogen-bond acceptors (Lipinski definition) is 14. The van der Waals surface area contributed by atoms with Crippen molar-refractivity contribution in [2.24, 2.45) is 0 Å². The van der Waals surface area contributed by atoms with Crippen LogP contribution in [-0.4, -0.2) is 75.0 Å². The minimum atomic E-state index is -0.526. The highest BCUT2D eigenvalue weighted by molar-refractivity contribution is 6.32. The summed E-state index contributed by atoms with van der Waals surface area (Å²) in [5.41, 5.74) is 1.57. The first-order chi connectivity index (χ1) is 24.5. The van der Waals surface area contributed by atoms with E-state index in [-0.39, 0.29) is 55.9 Å². The number of benzene rings is 3. The Morgan fingerprint density at radius 2 is 1.33 bits per heavy atom. The Labute approximate surface area is 305 Å². The fourth-order valence-corrected chi connectivity index (χ4v) is 4.98. The molecule has 1 fully saturated rings. The number of nitrogens with one attached hydrogen (secondary N) is 1. The van der Waals surface area contributed by atoms with Gasteiger partial charge in [-0.3, -0.25) is 20.2 Å². The van der Waals surface area contributed by atoms with E-state index in [1.165, 1.54) is 48.8 Å². The van der Waals surface area contributed by atoms with Crippen LogP contribution < -0.4 is 24.4 Å². The van der Waals surface area contributed by atoms with E-state index in [1.54, 1.807) is 19.2 Å². The van der Waals surface area contributed by atoms with Crippen molar-refractivity contribution < 1.29 is 24.1 Å². The predicted octanol–water partition coefficient (Wildman–Crippen LogP) is 7.82. The molecule has 3 heterocycles. The topological polar surface area (TPSA) is 184 Å². The second-order valence-corrected chi connectivity index (χ2v) is 11.8. The predicted molar refractivity (Wildman–Crippen MR) is 191 cm³/mol. The largest absolute Gasteiger partial charge is 0.494 e. The smallest absolute Gasteiger partial charge is 0.273 e. The number of aromatic nitrogens is 4. The number of nitrogens with zero attached hydrogens (tertiary/aromatic N) is 8. The third-order valence-electron chi connectivity index (χ3n) is 7.18. The van der Waals surface area contributed by atoms with E-state index >= 15 is 0 Å². The van der Waals surface area contributed by atoms with Crippen molar-refractivity contribution in [1.29, 1.82) is 0 Å². The molecule has 264 valence electrons. The number of nitro groups is 2. The van der Waals surface area contributed by atoms with Gasteiger partial charge in [0.2, 0.25) is 23.0 Å². The Morgan fingerprint density at radius 1 is 0.765 bits per heavy atom. The zero-order chi connectivity index (χ0) is 36.5. The zero-order valence-electron chi connectivity index (χ0n) is 26.9. The fraction of sp³-hybridized carbons (Fsp3) is 0.188. The van der Waals surface area contributed by atoms with Crippen molar-refractivity contribution in [3.05, 3.63) is 115 Å². The van der Waals surface area contributed by atoms with Gasteiger partial charge in [-0.15, -0.1) is 0 Å². The molecule has 1 aliphatic rings. The summed E-state index contributed by atoms with van der Waals surface area (Å²) < 4.78 is 16.6. The second-order valence-electron chi connectivity index (χ2n) is 10.7. The summed E-state index contributed by atoms with van der Waals surface area (Å²) in [6.07, 6.45) is 2.68. The van der Waals surface area contributed by atoms with Gasteiger partial charge < -0.3 is 29.3 Å². The van der Waals surface area contributed by atoms with Crippen molar-refractivity contribution in [2.75, 3.05) is 50.6 Å². The van der Waals surface area contributed by atoms with Crippen molar-refractivity contribution in [2.45, 2.75) is 0 Å². The van der Waals surface area contributed by atoms with E-state index in [0.29, 0.717) is 11.4 Å². The average Bonchev–Trinajstić information content (AvgIpc) is 3.12. The first kappa shape index (κ1) is 36.7. The summed E-state index contributed by atoms with van der Waals surface area (Å²) in [5.74, 6) is 1.47. The van der Waals surface area contributed by atoms with Crippen LogP contribution in [0.3, 0.4) is 0 Å². The lowest BCUT2D eigenvalue weighted by Gasteiger charge is -2.34. The lowest BCUT2D eigenvalue weighted by atomic mass is 10.2. The molecule has 0 saturated carbocycles. The van der Waals surface area contributed by atoms with Gasteiger partial charge in [0.05, 0.1) is 47.2 Å². The van der Waals surface area contributed by atoms with Gasteiger partial charge in [0.1, 0.15) is 27.3 Å². The molecule has 1 saturated heterocycles. The average molecular weight is 757 g/mol. The summed E-state index contributed by atoms with van der Waals surface area (Å²) in [6.45, 7) is 3.92. The molecule has 51 heavy (non-hydrogen) atoms. The third-order valence-corrected chi connectivity index (χ3v) is 7.88. The molecule has 3 aromatic carbocycles.